The summed E-state index contributed by atoms with van der Waals surface area (Å²) in [5.74, 6) is 1.09. The summed E-state index contributed by atoms with van der Waals surface area (Å²) in [5.41, 5.74) is 7.11. The number of rotatable bonds is 4. The SMILES string of the molecule is Cc1nnc(COC(=O)Cc2cccc(N)c2)n1C. The fraction of sp³-hybridized carbons (Fsp3) is 0.308. The Hall–Kier alpha value is -2.37. The first-order chi connectivity index (χ1) is 9.06. The number of carbonyl (C=O) groups is 1. The molecule has 0 aliphatic rings. The molecule has 0 unspecified atom stereocenters. The largest absolute Gasteiger partial charge is 0.457 e. The molecular weight excluding hydrogens is 244 g/mol. The van der Waals surface area contributed by atoms with E-state index in [2.05, 4.69) is 10.2 Å². The summed E-state index contributed by atoms with van der Waals surface area (Å²) < 4.78 is 6.95. The van der Waals surface area contributed by atoms with E-state index < -0.39 is 0 Å². The molecule has 6 heteroatoms. The van der Waals surface area contributed by atoms with Crippen molar-refractivity contribution in [3.05, 3.63) is 41.5 Å². The lowest BCUT2D eigenvalue weighted by atomic mass is 10.1. The van der Waals surface area contributed by atoms with Gasteiger partial charge in [0.2, 0.25) is 0 Å². The molecule has 2 aromatic rings. The molecule has 2 N–H and O–H groups in total. The molecule has 0 aliphatic heterocycles. The summed E-state index contributed by atoms with van der Waals surface area (Å²) in [6, 6.07) is 7.18. The Balaban J connectivity index is 1.90. The summed E-state index contributed by atoms with van der Waals surface area (Å²) in [4.78, 5) is 11.7. The molecule has 1 aromatic heterocycles. The van der Waals surface area contributed by atoms with Gasteiger partial charge in [-0.15, -0.1) is 10.2 Å². The van der Waals surface area contributed by atoms with Crippen LogP contribution in [-0.2, 0) is 29.6 Å². The zero-order valence-corrected chi connectivity index (χ0v) is 11.0. The summed E-state index contributed by atoms with van der Waals surface area (Å²) in [5, 5.41) is 7.82. The molecule has 1 heterocycles. The van der Waals surface area contributed by atoms with Gasteiger partial charge in [-0.3, -0.25) is 4.79 Å². The average Bonchev–Trinajstić information content (AvgIpc) is 2.68. The third-order valence-corrected chi connectivity index (χ3v) is 2.84. The molecule has 100 valence electrons. The van der Waals surface area contributed by atoms with E-state index in [0.717, 1.165) is 11.4 Å². The van der Waals surface area contributed by atoms with E-state index in [1.807, 2.05) is 26.1 Å². The van der Waals surface area contributed by atoms with Crippen LogP contribution >= 0.6 is 0 Å². The molecule has 0 aliphatic carbocycles. The van der Waals surface area contributed by atoms with Crippen molar-refractivity contribution < 1.29 is 9.53 Å². The lowest BCUT2D eigenvalue weighted by molar-refractivity contribution is -0.144. The van der Waals surface area contributed by atoms with Crippen LogP contribution in [0.15, 0.2) is 24.3 Å². The van der Waals surface area contributed by atoms with Crippen LogP contribution in [0.1, 0.15) is 17.2 Å². The Kier molecular flexibility index (Phi) is 3.79. The first-order valence-electron chi connectivity index (χ1n) is 5.91. The van der Waals surface area contributed by atoms with Crippen LogP contribution in [0, 0.1) is 6.92 Å². The van der Waals surface area contributed by atoms with Crippen molar-refractivity contribution in [1.82, 2.24) is 14.8 Å². The van der Waals surface area contributed by atoms with E-state index >= 15 is 0 Å². The lowest BCUT2D eigenvalue weighted by Gasteiger charge is -2.05. The summed E-state index contributed by atoms with van der Waals surface area (Å²) in [6.45, 7) is 1.96. The molecule has 0 radical (unpaired) electrons. The highest BCUT2D eigenvalue weighted by molar-refractivity contribution is 5.72. The average molecular weight is 260 g/mol. The first-order valence-corrected chi connectivity index (χ1v) is 5.91. The Labute approximate surface area is 111 Å². The minimum Gasteiger partial charge on any atom is -0.457 e. The number of aromatic nitrogens is 3. The van der Waals surface area contributed by atoms with Crippen molar-refractivity contribution in [3.63, 3.8) is 0 Å². The van der Waals surface area contributed by atoms with Gasteiger partial charge in [-0.2, -0.15) is 0 Å². The molecule has 1 aromatic carbocycles. The number of benzene rings is 1. The standard InChI is InChI=1S/C13H16N4O2/c1-9-15-16-12(17(9)2)8-19-13(18)7-10-4-3-5-11(14)6-10/h3-6H,7-8,14H2,1-2H3. The fourth-order valence-electron chi connectivity index (χ4n) is 1.64. The van der Waals surface area contributed by atoms with Crippen molar-refractivity contribution >= 4 is 11.7 Å². The number of hydrogen-bond acceptors (Lipinski definition) is 5. The highest BCUT2D eigenvalue weighted by Gasteiger charge is 2.09. The van der Waals surface area contributed by atoms with E-state index in [0.29, 0.717) is 11.5 Å². The second kappa shape index (κ2) is 5.51. The lowest BCUT2D eigenvalue weighted by Crippen LogP contribution is -2.11. The molecule has 0 fully saturated rings. The molecule has 0 bridgehead atoms. The summed E-state index contributed by atoms with van der Waals surface area (Å²) >= 11 is 0. The van der Waals surface area contributed by atoms with Crippen LogP contribution < -0.4 is 5.73 Å². The maximum absolute atomic E-state index is 11.7. The third-order valence-electron chi connectivity index (χ3n) is 2.84. The molecule has 19 heavy (non-hydrogen) atoms. The van der Waals surface area contributed by atoms with Gasteiger partial charge >= 0.3 is 5.97 Å². The molecule has 0 saturated carbocycles. The second-order valence-electron chi connectivity index (χ2n) is 4.30. The van der Waals surface area contributed by atoms with Crippen LogP contribution in [0.4, 0.5) is 5.69 Å². The van der Waals surface area contributed by atoms with Crippen LogP contribution in [0.2, 0.25) is 0 Å². The van der Waals surface area contributed by atoms with Gasteiger partial charge in [0.1, 0.15) is 5.82 Å². The van der Waals surface area contributed by atoms with Crippen LogP contribution in [-0.4, -0.2) is 20.7 Å². The molecular formula is C13H16N4O2. The predicted molar refractivity (Wildman–Crippen MR) is 70.1 cm³/mol. The van der Waals surface area contributed by atoms with Gasteiger partial charge in [0.05, 0.1) is 6.42 Å². The number of ether oxygens (including phenoxy) is 1. The highest BCUT2D eigenvalue weighted by atomic mass is 16.5. The van der Waals surface area contributed by atoms with Crippen LogP contribution in [0.3, 0.4) is 0 Å². The number of nitrogen functional groups attached to an aromatic ring is 1. The second-order valence-corrected chi connectivity index (χ2v) is 4.30. The highest BCUT2D eigenvalue weighted by Crippen LogP contribution is 2.08. The zero-order chi connectivity index (χ0) is 13.8. The molecule has 0 saturated heterocycles. The molecule has 6 nitrogen and oxygen atoms in total. The quantitative estimate of drug-likeness (QED) is 0.654. The Morgan fingerprint density at radius 2 is 2.21 bits per heavy atom. The first kappa shape index (κ1) is 13.1. The van der Waals surface area contributed by atoms with Crippen molar-refractivity contribution in [2.45, 2.75) is 20.0 Å². The molecule has 0 atom stereocenters. The zero-order valence-electron chi connectivity index (χ0n) is 11.0. The minimum absolute atomic E-state index is 0.124. The topological polar surface area (TPSA) is 83.0 Å². The number of nitrogens with zero attached hydrogens (tertiary/aromatic N) is 3. The van der Waals surface area contributed by atoms with Gasteiger partial charge in [-0.1, -0.05) is 12.1 Å². The Morgan fingerprint density at radius 3 is 2.84 bits per heavy atom. The number of anilines is 1. The normalized spacial score (nSPS) is 10.4. The van der Waals surface area contributed by atoms with Crippen LogP contribution in [0.25, 0.3) is 0 Å². The Morgan fingerprint density at radius 1 is 1.42 bits per heavy atom. The maximum Gasteiger partial charge on any atom is 0.310 e. The molecule has 2 rings (SSSR count). The number of hydrogen-bond donors (Lipinski definition) is 1. The van der Waals surface area contributed by atoms with Crippen molar-refractivity contribution in [2.75, 3.05) is 5.73 Å². The molecule has 0 amide bonds. The van der Waals surface area contributed by atoms with E-state index in [-0.39, 0.29) is 19.0 Å². The summed E-state index contributed by atoms with van der Waals surface area (Å²) in [7, 11) is 1.83. The van der Waals surface area contributed by atoms with Gasteiger partial charge in [0.25, 0.3) is 0 Å². The van der Waals surface area contributed by atoms with E-state index in [4.69, 9.17) is 10.5 Å². The van der Waals surface area contributed by atoms with Gasteiger partial charge < -0.3 is 15.0 Å². The number of esters is 1. The fourth-order valence-corrected chi connectivity index (χ4v) is 1.64. The summed E-state index contributed by atoms with van der Waals surface area (Å²) in [6.07, 6.45) is 0.196. The Bertz CT molecular complexity index is 592. The van der Waals surface area contributed by atoms with Crippen molar-refractivity contribution in [2.24, 2.45) is 7.05 Å². The maximum atomic E-state index is 11.7. The molecule has 0 spiro atoms. The van der Waals surface area contributed by atoms with Crippen molar-refractivity contribution in [1.29, 1.82) is 0 Å². The number of nitrogens with two attached hydrogens (primary N) is 1. The third kappa shape index (κ3) is 3.31. The number of aryl methyl sites for hydroxylation is 1. The van der Waals surface area contributed by atoms with Gasteiger partial charge in [0.15, 0.2) is 12.4 Å². The minimum atomic E-state index is -0.314. The van der Waals surface area contributed by atoms with Gasteiger partial charge in [-0.25, -0.2) is 0 Å². The van der Waals surface area contributed by atoms with E-state index in [9.17, 15) is 4.79 Å². The van der Waals surface area contributed by atoms with E-state index in [1.165, 1.54) is 0 Å². The van der Waals surface area contributed by atoms with Gasteiger partial charge in [-0.05, 0) is 24.6 Å². The van der Waals surface area contributed by atoms with Crippen LogP contribution in [0.5, 0.6) is 0 Å². The monoisotopic (exact) mass is 260 g/mol. The smallest absolute Gasteiger partial charge is 0.310 e. The van der Waals surface area contributed by atoms with Crippen molar-refractivity contribution in [3.8, 4) is 0 Å². The van der Waals surface area contributed by atoms with Gasteiger partial charge in [0, 0.05) is 12.7 Å². The number of carbonyl (C=O) groups excluding carboxylic acids is 1. The predicted octanol–water partition coefficient (Wildman–Crippen LogP) is 0.992. The van der Waals surface area contributed by atoms with E-state index in [1.54, 1.807) is 16.7 Å².